The lowest BCUT2D eigenvalue weighted by molar-refractivity contribution is 0.0917. The third kappa shape index (κ3) is 2.94. The van der Waals surface area contributed by atoms with Crippen LogP contribution in [0.3, 0.4) is 0 Å². The molecule has 1 unspecified atom stereocenters. The predicted molar refractivity (Wildman–Crippen MR) is 97.5 cm³/mol. The molecular weight excluding hydrogens is 361 g/mol. The zero-order valence-electron chi connectivity index (χ0n) is 13.4. The maximum Gasteiger partial charge on any atom is 0.268 e. The number of hydrogen-bond donors (Lipinski definition) is 1. The van der Waals surface area contributed by atoms with Gasteiger partial charge in [-0.3, -0.25) is 4.79 Å². The van der Waals surface area contributed by atoms with E-state index in [1.54, 1.807) is 12.3 Å². The maximum absolute atomic E-state index is 12.8. The number of benzene rings is 1. The summed E-state index contributed by atoms with van der Waals surface area (Å²) in [5, 5.41) is 5.05. The minimum absolute atomic E-state index is 0.150. The standard InChI is InChI=1S/C18H15Cl2N3O2/c1-23-14-7-11(19)3-2-10(14)6-15(23)18(24)22-13-4-5-25-16-8-17(20)21-9-12(13)16/h2-3,6-9,13H,4-5H2,1H3,(H,22,24). The molecule has 3 aromatic rings. The fourth-order valence-corrected chi connectivity index (χ4v) is 3.47. The van der Waals surface area contributed by atoms with Crippen LogP contribution in [0.5, 0.6) is 5.75 Å². The van der Waals surface area contributed by atoms with Gasteiger partial charge in [0.05, 0.1) is 12.6 Å². The van der Waals surface area contributed by atoms with E-state index < -0.39 is 0 Å². The third-order valence-corrected chi connectivity index (χ3v) is 4.89. The molecule has 1 N–H and O–H groups in total. The number of halogens is 2. The molecule has 0 saturated heterocycles. The summed E-state index contributed by atoms with van der Waals surface area (Å²) < 4.78 is 7.46. The lowest BCUT2D eigenvalue weighted by atomic mass is 10.0. The van der Waals surface area contributed by atoms with Crippen molar-refractivity contribution in [1.82, 2.24) is 14.9 Å². The van der Waals surface area contributed by atoms with Crippen molar-refractivity contribution in [2.45, 2.75) is 12.5 Å². The lowest BCUT2D eigenvalue weighted by Gasteiger charge is -2.26. The molecule has 1 atom stereocenters. The van der Waals surface area contributed by atoms with Crippen molar-refractivity contribution < 1.29 is 9.53 Å². The van der Waals surface area contributed by atoms with E-state index in [1.807, 2.05) is 35.9 Å². The molecule has 3 heterocycles. The summed E-state index contributed by atoms with van der Waals surface area (Å²) in [7, 11) is 1.85. The Labute approximate surface area is 154 Å². The number of rotatable bonds is 2. The first-order chi connectivity index (χ1) is 12.0. The maximum atomic E-state index is 12.8. The first-order valence-electron chi connectivity index (χ1n) is 7.87. The van der Waals surface area contributed by atoms with Crippen molar-refractivity contribution in [3.8, 4) is 5.75 Å². The number of aryl methyl sites for hydroxylation is 1. The Morgan fingerprint density at radius 3 is 3.00 bits per heavy atom. The van der Waals surface area contributed by atoms with Gasteiger partial charge in [0.25, 0.3) is 5.91 Å². The number of fused-ring (bicyclic) bond motifs is 2. The summed E-state index contributed by atoms with van der Waals surface area (Å²) in [6.45, 7) is 0.517. The number of hydrogen-bond acceptors (Lipinski definition) is 3. The van der Waals surface area contributed by atoms with Crippen LogP contribution in [0.15, 0.2) is 36.5 Å². The second-order valence-corrected chi connectivity index (χ2v) is 6.82. The first kappa shape index (κ1) is 16.2. The van der Waals surface area contributed by atoms with Crippen LogP contribution >= 0.6 is 23.2 Å². The Balaban J connectivity index is 1.64. The first-order valence-corrected chi connectivity index (χ1v) is 8.62. The monoisotopic (exact) mass is 375 g/mol. The molecule has 25 heavy (non-hydrogen) atoms. The average Bonchev–Trinajstić information content (AvgIpc) is 2.91. The number of nitrogens with zero attached hydrogens (tertiary/aromatic N) is 2. The molecule has 1 aromatic carbocycles. The van der Waals surface area contributed by atoms with Gasteiger partial charge in [-0.15, -0.1) is 0 Å². The summed E-state index contributed by atoms with van der Waals surface area (Å²) in [6, 6.07) is 8.95. The van der Waals surface area contributed by atoms with Gasteiger partial charge >= 0.3 is 0 Å². The van der Waals surface area contributed by atoms with Crippen LogP contribution in [0.2, 0.25) is 10.2 Å². The van der Waals surface area contributed by atoms with Gasteiger partial charge in [-0.05, 0) is 18.2 Å². The van der Waals surface area contributed by atoms with Crippen molar-refractivity contribution in [2.75, 3.05) is 6.61 Å². The van der Waals surface area contributed by atoms with Gasteiger partial charge in [0, 0.05) is 47.2 Å². The molecule has 0 spiro atoms. The van der Waals surface area contributed by atoms with E-state index in [4.69, 9.17) is 27.9 Å². The average molecular weight is 376 g/mol. The normalized spacial score (nSPS) is 16.4. The van der Waals surface area contributed by atoms with Crippen LogP contribution < -0.4 is 10.1 Å². The highest BCUT2D eigenvalue weighted by atomic mass is 35.5. The SMILES string of the molecule is Cn1c(C(=O)NC2CCOc3cc(Cl)ncc32)cc2ccc(Cl)cc21. The Morgan fingerprint density at radius 2 is 2.16 bits per heavy atom. The molecule has 2 aromatic heterocycles. The van der Waals surface area contributed by atoms with E-state index in [2.05, 4.69) is 10.3 Å². The van der Waals surface area contributed by atoms with Gasteiger partial charge < -0.3 is 14.6 Å². The molecule has 1 aliphatic heterocycles. The molecule has 0 radical (unpaired) electrons. The van der Waals surface area contributed by atoms with Crippen LogP contribution in [-0.4, -0.2) is 22.1 Å². The van der Waals surface area contributed by atoms with Gasteiger partial charge in [0.15, 0.2) is 0 Å². The van der Waals surface area contributed by atoms with Crippen molar-refractivity contribution in [2.24, 2.45) is 7.05 Å². The quantitative estimate of drug-likeness (QED) is 0.685. The number of amides is 1. The lowest BCUT2D eigenvalue weighted by Crippen LogP contribution is -2.33. The van der Waals surface area contributed by atoms with Crippen molar-refractivity contribution >= 4 is 40.0 Å². The third-order valence-electron chi connectivity index (χ3n) is 4.45. The number of aromatic nitrogens is 2. The topological polar surface area (TPSA) is 56.2 Å². The second kappa shape index (κ2) is 6.24. The smallest absolute Gasteiger partial charge is 0.268 e. The van der Waals surface area contributed by atoms with E-state index in [1.165, 1.54) is 0 Å². The Bertz CT molecular complexity index is 984. The Morgan fingerprint density at radius 1 is 1.32 bits per heavy atom. The Hall–Kier alpha value is -2.24. The number of pyridine rings is 1. The molecule has 0 aliphatic carbocycles. The predicted octanol–water partition coefficient (Wildman–Crippen LogP) is 4.13. The summed E-state index contributed by atoms with van der Waals surface area (Å²) in [5.41, 5.74) is 2.33. The van der Waals surface area contributed by atoms with Crippen LogP contribution in [0, 0.1) is 0 Å². The zero-order chi connectivity index (χ0) is 17.6. The molecule has 0 saturated carbocycles. The highest BCUT2D eigenvalue weighted by molar-refractivity contribution is 6.31. The number of nitrogens with one attached hydrogen (secondary N) is 1. The van der Waals surface area contributed by atoms with Crippen LogP contribution in [-0.2, 0) is 7.05 Å². The van der Waals surface area contributed by atoms with E-state index in [0.717, 1.165) is 16.5 Å². The highest BCUT2D eigenvalue weighted by Crippen LogP contribution is 2.33. The molecule has 7 heteroatoms. The van der Waals surface area contributed by atoms with Crippen LogP contribution in [0.1, 0.15) is 28.5 Å². The number of ether oxygens (including phenoxy) is 1. The summed E-state index contributed by atoms with van der Waals surface area (Å²) in [6.07, 6.45) is 2.33. The van der Waals surface area contributed by atoms with Gasteiger partial charge in [0.2, 0.25) is 0 Å². The molecule has 4 rings (SSSR count). The number of carbonyl (C=O) groups is 1. The van der Waals surface area contributed by atoms with Gasteiger partial charge in [-0.25, -0.2) is 4.98 Å². The molecule has 5 nitrogen and oxygen atoms in total. The van der Waals surface area contributed by atoms with Gasteiger partial charge in [-0.1, -0.05) is 29.3 Å². The molecule has 128 valence electrons. The Kier molecular flexibility index (Phi) is 4.06. The minimum atomic E-state index is -0.164. The van der Waals surface area contributed by atoms with Crippen LogP contribution in [0.25, 0.3) is 10.9 Å². The minimum Gasteiger partial charge on any atom is -0.493 e. The molecule has 0 bridgehead atoms. The van der Waals surface area contributed by atoms with Gasteiger partial charge in [0.1, 0.15) is 16.6 Å². The van der Waals surface area contributed by atoms with E-state index in [9.17, 15) is 4.79 Å². The summed E-state index contributed by atoms with van der Waals surface area (Å²) in [5.74, 6) is 0.517. The molecule has 1 aliphatic rings. The van der Waals surface area contributed by atoms with Crippen molar-refractivity contribution in [3.63, 3.8) is 0 Å². The van der Waals surface area contributed by atoms with Gasteiger partial charge in [-0.2, -0.15) is 0 Å². The second-order valence-electron chi connectivity index (χ2n) is 6.00. The summed E-state index contributed by atoms with van der Waals surface area (Å²) in [4.78, 5) is 16.9. The summed E-state index contributed by atoms with van der Waals surface area (Å²) >= 11 is 12.0. The van der Waals surface area contributed by atoms with Crippen molar-refractivity contribution in [1.29, 1.82) is 0 Å². The fourth-order valence-electron chi connectivity index (χ4n) is 3.16. The van der Waals surface area contributed by atoms with Crippen molar-refractivity contribution in [3.05, 3.63) is 58.0 Å². The molecule has 1 amide bonds. The molecular formula is C18H15Cl2N3O2. The van der Waals surface area contributed by atoms with E-state index in [-0.39, 0.29) is 11.9 Å². The largest absolute Gasteiger partial charge is 0.493 e. The highest BCUT2D eigenvalue weighted by Gasteiger charge is 2.25. The van der Waals surface area contributed by atoms with E-state index in [0.29, 0.717) is 34.6 Å². The van der Waals surface area contributed by atoms with Crippen LogP contribution in [0.4, 0.5) is 0 Å². The molecule has 0 fully saturated rings. The zero-order valence-corrected chi connectivity index (χ0v) is 14.9. The number of carbonyl (C=O) groups excluding carboxylic acids is 1. The fraction of sp³-hybridized carbons (Fsp3) is 0.222. The van der Waals surface area contributed by atoms with E-state index >= 15 is 0 Å².